The summed E-state index contributed by atoms with van der Waals surface area (Å²) < 4.78 is 0. The molecule has 0 saturated heterocycles. The van der Waals surface area contributed by atoms with Gasteiger partial charge in [-0.15, -0.1) is 0 Å². The van der Waals surface area contributed by atoms with E-state index in [1.807, 2.05) is 0 Å². The molecule has 39 heavy (non-hydrogen) atoms. The highest BCUT2D eigenvalue weighted by Gasteiger charge is 2.10. The molecular formula is C39H79. The minimum absolute atomic E-state index is 0.628. The largest absolute Gasteiger partial charge is 0.0654 e. The molecule has 0 aromatic rings. The van der Waals surface area contributed by atoms with Crippen LogP contribution < -0.4 is 0 Å². The maximum atomic E-state index is 4.32. The van der Waals surface area contributed by atoms with Gasteiger partial charge in [0.05, 0.1) is 0 Å². The molecular weight excluding hydrogens is 468 g/mol. The van der Waals surface area contributed by atoms with Crippen molar-refractivity contribution in [2.45, 2.75) is 233 Å². The van der Waals surface area contributed by atoms with E-state index in [9.17, 15) is 0 Å². The Hall–Kier alpha value is 0. The number of hydrogen-bond acceptors (Lipinski definition) is 0. The van der Waals surface area contributed by atoms with Gasteiger partial charge in [0.25, 0.3) is 0 Å². The lowest BCUT2D eigenvalue weighted by atomic mass is 9.87. The van der Waals surface area contributed by atoms with E-state index in [1.54, 1.807) is 0 Å². The summed E-state index contributed by atoms with van der Waals surface area (Å²) in [5.41, 5.74) is 0. The zero-order valence-corrected chi connectivity index (χ0v) is 28.2. The lowest BCUT2D eigenvalue weighted by Gasteiger charge is -2.19. The second-order valence-electron chi connectivity index (χ2n) is 13.7. The summed E-state index contributed by atoms with van der Waals surface area (Å²) in [6.07, 6.45) is 48.3. The van der Waals surface area contributed by atoms with E-state index in [0.717, 1.165) is 5.92 Å². The molecule has 0 heterocycles. The van der Waals surface area contributed by atoms with Gasteiger partial charge in [0.15, 0.2) is 0 Å². The summed E-state index contributed by atoms with van der Waals surface area (Å²) in [6.45, 7) is 11.3. The molecule has 0 bridgehead atoms. The van der Waals surface area contributed by atoms with Crippen LogP contribution in [0.1, 0.15) is 233 Å². The van der Waals surface area contributed by atoms with Gasteiger partial charge in [0.1, 0.15) is 0 Å². The van der Waals surface area contributed by atoms with E-state index in [1.165, 1.54) is 212 Å². The van der Waals surface area contributed by atoms with E-state index in [0.29, 0.717) is 5.92 Å². The molecule has 1 radical (unpaired) electrons. The van der Waals surface area contributed by atoms with Crippen molar-refractivity contribution in [2.75, 3.05) is 0 Å². The predicted octanol–water partition coefficient (Wildman–Crippen LogP) is 15.0. The topological polar surface area (TPSA) is 0 Å². The first-order valence-electron chi connectivity index (χ1n) is 19.0. The first kappa shape index (κ1) is 39.0. The molecule has 0 rings (SSSR count). The fraction of sp³-hybridized carbons (Fsp3) is 0.974. The SMILES string of the molecule is [CH2]C(C)CC(CCCCCCCCCCCCCCCC)CCCCCCCCCCCCCCCCCC. The minimum atomic E-state index is 0.628. The maximum Gasteiger partial charge on any atom is -0.0412 e. The van der Waals surface area contributed by atoms with Crippen LogP contribution in [-0.2, 0) is 0 Å². The van der Waals surface area contributed by atoms with Gasteiger partial charge in [-0.1, -0.05) is 233 Å². The van der Waals surface area contributed by atoms with Crippen molar-refractivity contribution in [3.8, 4) is 0 Å². The highest BCUT2D eigenvalue weighted by Crippen LogP contribution is 2.25. The molecule has 0 amide bonds. The van der Waals surface area contributed by atoms with Gasteiger partial charge in [0.2, 0.25) is 0 Å². The normalized spacial score (nSPS) is 12.5. The average molecular weight is 548 g/mol. The molecule has 0 N–H and O–H groups in total. The number of rotatable bonds is 34. The zero-order chi connectivity index (χ0) is 28.5. The molecule has 0 aliphatic heterocycles. The monoisotopic (exact) mass is 548 g/mol. The van der Waals surface area contributed by atoms with Crippen molar-refractivity contribution < 1.29 is 0 Å². The second kappa shape index (κ2) is 34.2. The first-order chi connectivity index (χ1) is 19.2. The Labute approximate surface area is 251 Å². The van der Waals surface area contributed by atoms with Crippen molar-refractivity contribution in [3.05, 3.63) is 6.92 Å². The summed E-state index contributed by atoms with van der Waals surface area (Å²) in [6, 6.07) is 0. The Kier molecular flexibility index (Phi) is 34.2. The third-order valence-corrected chi connectivity index (χ3v) is 9.17. The Morgan fingerprint density at radius 1 is 0.333 bits per heavy atom. The van der Waals surface area contributed by atoms with E-state index in [-0.39, 0.29) is 0 Å². The predicted molar refractivity (Wildman–Crippen MR) is 182 cm³/mol. The Balaban J connectivity index is 3.47. The molecule has 2 unspecified atom stereocenters. The quantitative estimate of drug-likeness (QED) is 0.0702. The Morgan fingerprint density at radius 2 is 0.538 bits per heavy atom. The van der Waals surface area contributed by atoms with Crippen LogP contribution in [0.3, 0.4) is 0 Å². The lowest BCUT2D eigenvalue weighted by Crippen LogP contribution is -2.05. The zero-order valence-electron chi connectivity index (χ0n) is 28.2. The van der Waals surface area contributed by atoms with Crippen LogP contribution in [0.5, 0.6) is 0 Å². The number of unbranched alkanes of at least 4 members (excludes halogenated alkanes) is 28. The second-order valence-corrected chi connectivity index (χ2v) is 13.7. The molecule has 0 aromatic carbocycles. The smallest absolute Gasteiger partial charge is 0.0412 e. The minimum Gasteiger partial charge on any atom is -0.0654 e. The van der Waals surface area contributed by atoms with Crippen LogP contribution in [0.15, 0.2) is 0 Å². The standard InChI is InChI=1S/C39H79/c1-5-7-9-11-13-15-17-19-21-22-24-26-28-30-32-34-36-39(37-38(3)4)35-33-31-29-27-25-23-20-18-16-14-12-10-8-6-2/h38-39H,3,5-37H2,1-2,4H3. The van der Waals surface area contributed by atoms with Gasteiger partial charge in [0, 0.05) is 0 Å². The molecule has 0 fully saturated rings. The van der Waals surface area contributed by atoms with Crippen LogP contribution in [0.25, 0.3) is 0 Å². The van der Waals surface area contributed by atoms with Crippen molar-refractivity contribution in [1.29, 1.82) is 0 Å². The fourth-order valence-electron chi connectivity index (χ4n) is 6.56. The van der Waals surface area contributed by atoms with Gasteiger partial charge in [-0.2, -0.15) is 0 Å². The third kappa shape index (κ3) is 34.1. The molecule has 0 heteroatoms. The van der Waals surface area contributed by atoms with Crippen molar-refractivity contribution in [3.63, 3.8) is 0 Å². The van der Waals surface area contributed by atoms with Crippen LogP contribution in [0.4, 0.5) is 0 Å². The van der Waals surface area contributed by atoms with Crippen molar-refractivity contribution in [2.24, 2.45) is 11.8 Å². The Morgan fingerprint density at radius 3 is 0.744 bits per heavy atom. The average Bonchev–Trinajstić information content (AvgIpc) is 2.92. The molecule has 0 aliphatic carbocycles. The molecule has 0 aliphatic rings. The van der Waals surface area contributed by atoms with Gasteiger partial charge in [-0.25, -0.2) is 0 Å². The van der Waals surface area contributed by atoms with Crippen LogP contribution in [-0.4, -0.2) is 0 Å². The highest BCUT2D eigenvalue weighted by atomic mass is 14.2. The van der Waals surface area contributed by atoms with Crippen molar-refractivity contribution in [1.82, 2.24) is 0 Å². The van der Waals surface area contributed by atoms with Gasteiger partial charge in [-0.3, -0.25) is 0 Å². The molecule has 0 saturated carbocycles. The first-order valence-corrected chi connectivity index (χ1v) is 19.0. The van der Waals surface area contributed by atoms with Crippen molar-refractivity contribution >= 4 is 0 Å². The summed E-state index contributed by atoms with van der Waals surface area (Å²) in [5, 5.41) is 0. The summed E-state index contributed by atoms with van der Waals surface area (Å²) in [7, 11) is 0. The Bertz CT molecular complexity index is 410. The summed E-state index contributed by atoms with van der Waals surface area (Å²) in [5.74, 6) is 1.57. The highest BCUT2D eigenvalue weighted by molar-refractivity contribution is 4.66. The summed E-state index contributed by atoms with van der Waals surface area (Å²) >= 11 is 0. The maximum absolute atomic E-state index is 4.32. The van der Waals surface area contributed by atoms with E-state index in [4.69, 9.17) is 0 Å². The van der Waals surface area contributed by atoms with E-state index < -0.39 is 0 Å². The molecule has 0 spiro atoms. The lowest BCUT2D eigenvalue weighted by molar-refractivity contribution is 0.350. The van der Waals surface area contributed by atoms with Crippen LogP contribution in [0.2, 0.25) is 0 Å². The van der Waals surface area contributed by atoms with Crippen LogP contribution in [0, 0.1) is 18.8 Å². The van der Waals surface area contributed by atoms with Crippen LogP contribution >= 0.6 is 0 Å². The van der Waals surface area contributed by atoms with Gasteiger partial charge in [-0.05, 0) is 18.3 Å². The van der Waals surface area contributed by atoms with E-state index >= 15 is 0 Å². The molecule has 2 atom stereocenters. The molecule has 0 nitrogen and oxygen atoms in total. The molecule has 235 valence electrons. The van der Waals surface area contributed by atoms with E-state index in [2.05, 4.69) is 27.7 Å². The van der Waals surface area contributed by atoms with Gasteiger partial charge < -0.3 is 0 Å². The third-order valence-electron chi connectivity index (χ3n) is 9.17. The molecule has 0 aromatic heterocycles. The van der Waals surface area contributed by atoms with Gasteiger partial charge >= 0.3 is 0 Å². The number of hydrogen-bond donors (Lipinski definition) is 0. The fourth-order valence-corrected chi connectivity index (χ4v) is 6.56. The summed E-state index contributed by atoms with van der Waals surface area (Å²) in [4.78, 5) is 0.